The van der Waals surface area contributed by atoms with Gasteiger partial charge in [-0.3, -0.25) is 0 Å². The average Bonchev–Trinajstić information content (AvgIpc) is 2.88. The van der Waals surface area contributed by atoms with Crippen LogP contribution < -0.4 is 0 Å². The molecule has 110 valence electrons. The number of hydrogen-bond acceptors (Lipinski definition) is 5. The van der Waals surface area contributed by atoms with Gasteiger partial charge in [0.25, 0.3) is 0 Å². The molecular weight excluding hydrogens is 304 g/mol. The number of hydrogen-bond donors (Lipinski definition) is 0. The van der Waals surface area contributed by atoms with E-state index in [0.29, 0.717) is 6.61 Å². The minimum Gasteiger partial charge on any atom is -0.459 e. The Morgan fingerprint density at radius 1 is 1.50 bits per heavy atom. The lowest BCUT2D eigenvalue weighted by Crippen LogP contribution is -2.18. The monoisotopic (exact) mass is 318 g/mol. The SMILES string of the molecule is CS(=O)(=O)c1ccc(Cl)c(C(=O)OCC2CCCO2)c1. The molecular formula is C13H15ClO5S. The quantitative estimate of drug-likeness (QED) is 0.795. The van der Waals surface area contributed by atoms with E-state index >= 15 is 0 Å². The van der Waals surface area contributed by atoms with Crippen molar-refractivity contribution in [1.82, 2.24) is 0 Å². The molecule has 1 aromatic rings. The maximum Gasteiger partial charge on any atom is 0.339 e. The lowest BCUT2D eigenvalue weighted by Gasteiger charge is -2.11. The Hall–Kier alpha value is -1.11. The number of carbonyl (C=O) groups is 1. The third-order valence-electron chi connectivity index (χ3n) is 3.01. The molecule has 0 aliphatic carbocycles. The average molecular weight is 319 g/mol. The Kier molecular flexibility index (Phi) is 4.67. The fraction of sp³-hybridized carbons (Fsp3) is 0.462. The molecule has 1 saturated heterocycles. The fourth-order valence-electron chi connectivity index (χ4n) is 1.91. The molecule has 1 heterocycles. The molecule has 1 aliphatic rings. The second-order valence-electron chi connectivity index (χ2n) is 4.65. The van der Waals surface area contributed by atoms with E-state index in [9.17, 15) is 13.2 Å². The van der Waals surface area contributed by atoms with E-state index < -0.39 is 15.8 Å². The van der Waals surface area contributed by atoms with Crippen LogP contribution in [-0.4, -0.2) is 40.0 Å². The molecule has 2 rings (SSSR count). The number of carbonyl (C=O) groups excluding carboxylic acids is 1. The molecule has 0 N–H and O–H groups in total. The van der Waals surface area contributed by atoms with Crippen molar-refractivity contribution in [3.05, 3.63) is 28.8 Å². The highest BCUT2D eigenvalue weighted by Gasteiger charge is 2.20. The number of rotatable bonds is 4. The summed E-state index contributed by atoms with van der Waals surface area (Å²) in [7, 11) is -3.40. The van der Waals surface area contributed by atoms with Gasteiger partial charge in [0.2, 0.25) is 0 Å². The van der Waals surface area contributed by atoms with Gasteiger partial charge in [-0.15, -0.1) is 0 Å². The zero-order valence-corrected chi connectivity index (χ0v) is 12.5. The van der Waals surface area contributed by atoms with Crippen molar-refractivity contribution in [3.63, 3.8) is 0 Å². The molecule has 5 nitrogen and oxygen atoms in total. The largest absolute Gasteiger partial charge is 0.459 e. The first-order valence-electron chi connectivity index (χ1n) is 6.16. The summed E-state index contributed by atoms with van der Waals surface area (Å²) in [6.07, 6.45) is 2.78. The van der Waals surface area contributed by atoms with Crippen molar-refractivity contribution >= 4 is 27.4 Å². The van der Waals surface area contributed by atoms with Crippen molar-refractivity contribution in [2.75, 3.05) is 19.5 Å². The lowest BCUT2D eigenvalue weighted by atomic mass is 10.2. The number of ether oxygens (including phenoxy) is 2. The molecule has 0 bridgehead atoms. The zero-order chi connectivity index (χ0) is 14.8. The Morgan fingerprint density at radius 3 is 2.85 bits per heavy atom. The molecule has 1 atom stereocenters. The smallest absolute Gasteiger partial charge is 0.339 e. The van der Waals surface area contributed by atoms with Gasteiger partial charge < -0.3 is 9.47 Å². The zero-order valence-electron chi connectivity index (χ0n) is 11.0. The van der Waals surface area contributed by atoms with Crippen molar-refractivity contribution in [2.24, 2.45) is 0 Å². The van der Waals surface area contributed by atoms with E-state index in [1.165, 1.54) is 18.2 Å². The molecule has 0 radical (unpaired) electrons. The van der Waals surface area contributed by atoms with E-state index in [0.717, 1.165) is 19.1 Å². The van der Waals surface area contributed by atoms with Crippen molar-refractivity contribution < 1.29 is 22.7 Å². The Labute approximate surface area is 122 Å². The summed E-state index contributed by atoms with van der Waals surface area (Å²) < 4.78 is 33.4. The van der Waals surface area contributed by atoms with Gasteiger partial charge in [-0.25, -0.2) is 13.2 Å². The molecule has 20 heavy (non-hydrogen) atoms. The van der Waals surface area contributed by atoms with E-state index in [2.05, 4.69) is 0 Å². The van der Waals surface area contributed by atoms with Crippen molar-refractivity contribution in [3.8, 4) is 0 Å². The van der Waals surface area contributed by atoms with Gasteiger partial charge in [0.05, 0.1) is 21.6 Å². The summed E-state index contributed by atoms with van der Waals surface area (Å²) in [5.74, 6) is -0.643. The van der Waals surface area contributed by atoms with Crippen molar-refractivity contribution in [2.45, 2.75) is 23.8 Å². The van der Waals surface area contributed by atoms with E-state index in [4.69, 9.17) is 21.1 Å². The molecule has 0 spiro atoms. The first-order chi connectivity index (χ1) is 9.38. The summed E-state index contributed by atoms with van der Waals surface area (Å²) >= 11 is 5.91. The van der Waals surface area contributed by atoms with Gasteiger partial charge in [-0.05, 0) is 31.0 Å². The standard InChI is InChI=1S/C13H15ClO5S/c1-20(16,17)10-4-5-12(14)11(7-10)13(15)19-8-9-3-2-6-18-9/h4-5,7,9H,2-3,6,8H2,1H3. The second kappa shape index (κ2) is 6.11. The number of halogens is 1. The topological polar surface area (TPSA) is 69.7 Å². The molecule has 1 unspecified atom stereocenters. The van der Waals surface area contributed by atoms with Crippen LogP contribution in [0.15, 0.2) is 23.1 Å². The van der Waals surface area contributed by atoms with Gasteiger partial charge in [-0.1, -0.05) is 11.6 Å². The first kappa shape index (κ1) is 15.3. The van der Waals surface area contributed by atoms with Gasteiger partial charge in [-0.2, -0.15) is 0 Å². The first-order valence-corrected chi connectivity index (χ1v) is 8.43. The second-order valence-corrected chi connectivity index (χ2v) is 7.07. The highest BCUT2D eigenvalue weighted by Crippen LogP contribution is 2.22. The third-order valence-corrected chi connectivity index (χ3v) is 4.45. The Balaban J connectivity index is 2.12. The predicted octanol–water partition coefficient (Wildman–Crippen LogP) is 2.08. The Morgan fingerprint density at radius 2 is 2.25 bits per heavy atom. The van der Waals surface area contributed by atoms with Crippen LogP contribution in [0.4, 0.5) is 0 Å². The van der Waals surface area contributed by atoms with Crippen LogP contribution >= 0.6 is 11.6 Å². The van der Waals surface area contributed by atoms with Crippen LogP contribution in [0.3, 0.4) is 0 Å². The highest BCUT2D eigenvalue weighted by molar-refractivity contribution is 7.90. The van der Waals surface area contributed by atoms with Gasteiger partial charge >= 0.3 is 5.97 Å². The normalized spacial score (nSPS) is 19.0. The molecule has 0 saturated carbocycles. The van der Waals surface area contributed by atoms with Crippen LogP contribution in [-0.2, 0) is 19.3 Å². The molecule has 7 heteroatoms. The van der Waals surface area contributed by atoms with Crippen LogP contribution in [0.1, 0.15) is 23.2 Å². The summed E-state index contributed by atoms with van der Waals surface area (Å²) in [5.41, 5.74) is 0.0487. The number of esters is 1. The third kappa shape index (κ3) is 3.71. The fourth-order valence-corrected chi connectivity index (χ4v) is 2.76. The minimum absolute atomic E-state index is 0.0333. The predicted molar refractivity (Wildman–Crippen MR) is 73.8 cm³/mol. The summed E-state index contributed by atoms with van der Waals surface area (Å²) in [5, 5.41) is 0.162. The lowest BCUT2D eigenvalue weighted by molar-refractivity contribution is 0.0161. The van der Waals surface area contributed by atoms with Gasteiger partial charge in [0, 0.05) is 12.9 Å². The highest BCUT2D eigenvalue weighted by atomic mass is 35.5. The van der Waals surface area contributed by atoms with Gasteiger partial charge in [0.15, 0.2) is 9.84 Å². The van der Waals surface area contributed by atoms with E-state index in [1.807, 2.05) is 0 Å². The van der Waals surface area contributed by atoms with Crippen molar-refractivity contribution in [1.29, 1.82) is 0 Å². The summed E-state index contributed by atoms with van der Waals surface area (Å²) in [6.45, 7) is 0.824. The molecule has 0 aromatic heterocycles. The molecule has 0 amide bonds. The summed E-state index contributed by atoms with van der Waals surface area (Å²) in [4.78, 5) is 12.0. The van der Waals surface area contributed by atoms with Crippen LogP contribution in [0, 0.1) is 0 Å². The van der Waals surface area contributed by atoms with E-state index in [-0.39, 0.29) is 28.2 Å². The van der Waals surface area contributed by atoms with Crippen LogP contribution in [0.5, 0.6) is 0 Å². The van der Waals surface area contributed by atoms with Gasteiger partial charge in [0.1, 0.15) is 6.61 Å². The molecule has 1 aliphatic heterocycles. The van der Waals surface area contributed by atoms with Crippen LogP contribution in [0.2, 0.25) is 5.02 Å². The van der Waals surface area contributed by atoms with Crippen LogP contribution in [0.25, 0.3) is 0 Å². The van der Waals surface area contributed by atoms with E-state index in [1.54, 1.807) is 0 Å². The number of benzene rings is 1. The molecule has 1 fully saturated rings. The molecule has 1 aromatic carbocycles. The number of sulfone groups is 1. The maximum atomic E-state index is 11.9. The maximum absolute atomic E-state index is 11.9. The minimum atomic E-state index is -3.40. The Bertz CT molecular complexity index is 605. The summed E-state index contributed by atoms with van der Waals surface area (Å²) in [6, 6.07) is 3.96.